The van der Waals surface area contributed by atoms with Crippen molar-refractivity contribution in [1.29, 1.82) is 0 Å². The highest BCUT2D eigenvalue weighted by atomic mass is 32.1. The quantitative estimate of drug-likeness (QED) is 0.458. The third-order valence-corrected chi connectivity index (χ3v) is 2.90. The largest absolute Gasteiger partial charge is 0.463 e. The molecule has 1 aliphatic heterocycles. The first-order chi connectivity index (χ1) is 9.29. The molecule has 1 saturated heterocycles. The summed E-state index contributed by atoms with van der Waals surface area (Å²) in [5, 5.41) is 0. The molecule has 0 aliphatic carbocycles. The van der Waals surface area contributed by atoms with Gasteiger partial charge in [0.05, 0.1) is 0 Å². The topological polar surface area (TPSA) is 88.1 Å². The minimum absolute atomic E-state index is 0.109. The Morgan fingerprint density at radius 2 is 1.70 bits per heavy atom. The zero-order chi connectivity index (χ0) is 15.3. The van der Waals surface area contributed by atoms with E-state index < -0.39 is 41.7 Å². The Labute approximate surface area is 122 Å². The molecule has 0 aromatic rings. The molecule has 0 spiro atoms. The molecular weight excluding hydrogens is 288 g/mol. The van der Waals surface area contributed by atoms with Gasteiger partial charge >= 0.3 is 17.9 Å². The van der Waals surface area contributed by atoms with E-state index in [4.69, 9.17) is 18.9 Å². The molecule has 0 saturated carbocycles. The van der Waals surface area contributed by atoms with Crippen LogP contribution in [0.5, 0.6) is 0 Å². The average Bonchev–Trinajstić information content (AvgIpc) is 2.28. The summed E-state index contributed by atoms with van der Waals surface area (Å²) in [5.74, 6) is -1.53. The molecule has 1 heterocycles. The Hall–Kier alpha value is -1.28. The van der Waals surface area contributed by atoms with Gasteiger partial charge in [0, 0.05) is 27.2 Å². The molecule has 8 heteroatoms. The highest BCUT2D eigenvalue weighted by molar-refractivity contribution is 7.80. The summed E-state index contributed by atoms with van der Waals surface area (Å²) < 4.78 is 20.6. The van der Waals surface area contributed by atoms with E-state index in [2.05, 4.69) is 12.6 Å². The maximum absolute atomic E-state index is 11.2. The van der Waals surface area contributed by atoms with Crippen molar-refractivity contribution in [2.75, 3.05) is 6.61 Å². The second kappa shape index (κ2) is 7.49. The van der Waals surface area contributed by atoms with Gasteiger partial charge in [-0.2, -0.15) is 0 Å². The van der Waals surface area contributed by atoms with Crippen LogP contribution in [0.1, 0.15) is 27.2 Å². The predicted octanol–water partition coefficient (Wildman–Crippen LogP) is 0.458. The van der Waals surface area contributed by atoms with Gasteiger partial charge in [0.1, 0.15) is 24.3 Å². The summed E-state index contributed by atoms with van der Waals surface area (Å²) >= 11 is 4.18. The zero-order valence-corrected chi connectivity index (χ0v) is 12.4. The Kier molecular flexibility index (Phi) is 6.28. The summed E-state index contributed by atoms with van der Waals surface area (Å²) in [4.78, 5) is 33.1. The fraction of sp³-hybridized carbons (Fsp3) is 0.750. The van der Waals surface area contributed by atoms with Crippen molar-refractivity contribution in [2.45, 2.75) is 50.9 Å². The number of rotatable bonds is 4. The minimum atomic E-state index is -0.834. The Balaban J connectivity index is 2.82. The fourth-order valence-electron chi connectivity index (χ4n) is 1.91. The maximum atomic E-state index is 11.2. The van der Waals surface area contributed by atoms with Gasteiger partial charge < -0.3 is 18.9 Å². The molecule has 20 heavy (non-hydrogen) atoms. The van der Waals surface area contributed by atoms with Gasteiger partial charge in [0.25, 0.3) is 0 Å². The van der Waals surface area contributed by atoms with Crippen LogP contribution >= 0.6 is 12.6 Å². The zero-order valence-electron chi connectivity index (χ0n) is 11.5. The van der Waals surface area contributed by atoms with E-state index >= 15 is 0 Å². The number of carbonyl (C=O) groups is 3. The van der Waals surface area contributed by atoms with Crippen LogP contribution in [0.4, 0.5) is 0 Å². The first kappa shape index (κ1) is 16.8. The van der Waals surface area contributed by atoms with E-state index in [1.807, 2.05) is 0 Å². The van der Waals surface area contributed by atoms with Crippen molar-refractivity contribution in [3.8, 4) is 0 Å². The number of thiol groups is 1. The molecule has 1 rings (SSSR count). The van der Waals surface area contributed by atoms with Gasteiger partial charge in [-0.15, -0.1) is 12.6 Å². The molecular formula is C12H18O7S. The highest BCUT2D eigenvalue weighted by Gasteiger charge is 2.42. The fourth-order valence-corrected chi connectivity index (χ4v) is 2.28. The van der Waals surface area contributed by atoms with Gasteiger partial charge in [-0.05, 0) is 0 Å². The lowest BCUT2D eigenvalue weighted by atomic mass is 10.0. The van der Waals surface area contributed by atoms with E-state index in [1.165, 1.54) is 20.8 Å². The molecule has 0 aromatic heterocycles. The Morgan fingerprint density at radius 3 is 2.20 bits per heavy atom. The average molecular weight is 306 g/mol. The third kappa shape index (κ3) is 5.38. The standard InChI is InChI=1S/C12H18O7S/c1-6(13)16-5-10-12(18-8(3)15)9(17-7(2)14)4-11(20)19-10/h9-12,20H,4-5H2,1-3H3/t9-,10-,11+,12+/m1/s1. The van der Waals surface area contributed by atoms with Crippen LogP contribution in [0, 0.1) is 0 Å². The molecule has 0 amide bonds. The predicted molar refractivity (Wildman–Crippen MR) is 70.0 cm³/mol. The van der Waals surface area contributed by atoms with Crippen molar-refractivity contribution >= 4 is 30.5 Å². The lowest BCUT2D eigenvalue weighted by Crippen LogP contribution is -2.52. The summed E-state index contributed by atoms with van der Waals surface area (Å²) in [7, 11) is 0. The van der Waals surface area contributed by atoms with Gasteiger partial charge in [-0.3, -0.25) is 14.4 Å². The van der Waals surface area contributed by atoms with Crippen LogP contribution in [0.3, 0.4) is 0 Å². The first-order valence-corrected chi connectivity index (χ1v) is 6.62. The highest BCUT2D eigenvalue weighted by Crippen LogP contribution is 2.27. The van der Waals surface area contributed by atoms with Crippen molar-refractivity contribution < 1.29 is 33.3 Å². The third-order valence-electron chi connectivity index (χ3n) is 2.57. The van der Waals surface area contributed by atoms with Gasteiger partial charge in [0.2, 0.25) is 0 Å². The lowest BCUT2D eigenvalue weighted by Gasteiger charge is -2.38. The maximum Gasteiger partial charge on any atom is 0.303 e. The van der Waals surface area contributed by atoms with Crippen molar-refractivity contribution in [3.63, 3.8) is 0 Å². The van der Waals surface area contributed by atoms with Crippen LogP contribution in [0.15, 0.2) is 0 Å². The minimum Gasteiger partial charge on any atom is -0.463 e. The van der Waals surface area contributed by atoms with Gasteiger partial charge in [-0.25, -0.2) is 0 Å². The molecule has 114 valence electrons. The molecule has 0 aromatic carbocycles. The number of ether oxygens (including phenoxy) is 4. The van der Waals surface area contributed by atoms with E-state index in [0.717, 1.165) is 0 Å². The van der Waals surface area contributed by atoms with Crippen molar-refractivity contribution in [1.82, 2.24) is 0 Å². The van der Waals surface area contributed by atoms with Crippen LogP contribution in [-0.4, -0.2) is 48.3 Å². The van der Waals surface area contributed by atoms with Gasteiger partial charge in [-0.1, -0.05) is 0 Å². The second-order valence-electron chi connectivity index (χ2n) is 4.39. The number of esters is 3. The summed E-state index contributed by atoms with van der Waals surface area (Å²) in [5.41, 5.74) is -0.508. The second-order valence-corrected chi connectivity index (χ2v) is 4.97. The first-order valence-electron chi connectivity index (χ1n) is 6.11. The number of hydrogen-bond donors (Lipinski definition) is 1. The molecule has 0 radical (unpaired) electrons. The normalized spacial score (nSPS) is 29.4. The number of hydrogen-bond acceptors (Lipinski definition) is 8. The SMILES string of the molecule is CC(=O)OC[C@H]1O[C@@H](S)C[C@@H](OC(C)=O)[C@@H]1OC(C)=O. The van der Waals surface area contributed by atoms with Crippen LogP contribution in [-0.2, 0) is 33.3 Å². The van der Waals surface area contributed by atoms with Crippen LogP contribution in [0.25, 0.3) is 0 Å². The van der Waals surface area contributed by atoms with E-state index in [0.29, 0.717) is 0 Å². The molecule has 0 bridgehead atoms. The summed E-state index contributed by atoms with van der Waals surface area (Å²) in [6, 6.07) is 0. The molecule has 1 aliphatic rings. The Morgan fingerprint density at radius 1 is 1.10 bits per heavy atom. The molecule has 4 atom stereocenters. The van der Waals surface area contributed by atoms with Gasteiger partial charge in [0.15, 0.2) is 6.10 Å². The lowest BCUT2D eigenvalue weighted by molar-refractivity contribution is -0.204. The number of carbonyl (C=O) groups excluding carboxylic acids is 3. The van der Waals surface area contributed by atoms with E-state index in [-0.39, 0.29) is 13.0 Å². The van der Waals surface area contributed by atoms with E-state index in [1.54, 1.807) is 0 Å². The summed E-state index contributed by atoms with van der Waals surface area (Å²) in [6.07, 6.45) is -1.98. The van der Waals surface area contributed by atoms with Crippen molar-refractivity contribution in [3.05, 3.63) is 0 Å². The molecule has 1 fully saturated rings. The summed E-state index contributed by atoms with van der Waals surface area (Å²) in [6.45, 7) is 3.64. The molecule has 0 N–H and O–H groups in total. The van der Waals surface area contributed by atoms with E-state index in [9.17, 15) is 14.4 Å². The van der Waals surface area contributed by atoms with Crippen LogP contribution in [0.2, 0.25) is 0 Å². The molecule has 0 unspecified atom stereocenters. The monoisotopic (exact) mass is 306 g/mol. The molecule has 7 nitrogen and oxygen atoms in total. The van der Waals surface area contributed by atoms with Crippen molar-refractivity contribution in [2.24, 2.45) is 0 Å². The Bertz CT molecular complexity index is 384. The van der Waals surface area contributed by atoms with Crippen LogP contribution < -0.4 is 0 Å². The smallest absolute Gasteiger partial charge is 0.303 e.